The van der Waals surface area contributed by atoms with Crippen LogP contribution in [0.1, 0.15) is 39.7 Å². The van der Waals surface area contributed by atoms with Gasteiger partial charge >= 0.3 is 0 Å². The Labute approximate surface area is 142 Å². The van der Waals surface area contributed by atoms with Crippen LogP contribution in [0.5, 0.6) is 5.75 Å². The molecule has 3 nitrogen and oxygen atoms in total. The quantitative estimate of drug-likeness (QED) is 0.778. The summed E-state index contributed by atoms with van der Waals surface area (Å²) in [6.45, 7) is 15.1. The average molecular weight is 319 g/mol. The predicted octanol–water partition coefficient (Wildman–Crippen LogP) is 3.54. The van der Waals surface area contributed by atoms with Crippen molar-refractivity contribution in [1.82, 2.24) is 10.2 Å². The SMILES string of the molecule is COc1cccc([C@]2(C)CCN(CCNCC(C)C)C[C@@H]2C)c1. The molecule has 1 aromatic rings. The highest BCUT2D eigenvalue weighted by atomic mass is 16.5. The maximum absolute atomic E-state index is 5.41. The van der Waals surface area contributed by atoms with Crippen LogP contribution in [-0.4, -0.2) is 44.7 Å². The van der Waals surface area contributed by atoms with E-state index in [1.165, 1.54) is 25.1 Å². The molecule has 0 saturated carbocycles. The van der Waals surface area contributed by atoms with Gasteiger partial charge in [0.25, 0.3) is 0 Å². The number of benzene rings is 1. The molecule has 0 spiro atoms. The monoisotopic (exact) mass is 318 g/mol. The highest BCUT2D eigenvalue weighted by Crippen LogP contribution is 2.40. The van der Waals surface area contributed by atoms with Crippen LogP contribution in [0.2, 0.25) is 0 Å². The van der Waals surface area contributed by atoms with E-state index >= 15 is 0 Å². The minimum Gasteiger partial charge on any atom is -0.497 e. The third-order valence-corrected chi connectivity index (χ3v) is 5.45. The van der Waals surface area contributed by atoms with Gasteiger partial charge in [-0.2, -0.15) is 0 Å². The predicted molar refractivity (Wildman–Crippen MR) is 98.3 cm³/mol. The first kappa shape index (κ1) is 18.3. The van der Waals surface area contributed by atoms with E-state index in [-0.39, 0.29) is 5.41 Å². The summed E-state index contributed by atoms with van der Waals surface area (Å²) in [5.41, 5.74) is 1.66. The second kappa shape index (κ2) is 8.16. The van der Waals surface area contributed by atoms with Crippen molar-refractivity contribution < 1.29 is 4.74 Å². The molecule has 3 heteroatoms. The highest BCUT2D eigenvalue weighted by molar-refractivity contribution is 5.34. The van der Waals surface area contributed by atoms with Gasteiger partial charge in [0.05, 0.1) is 7.11 Å². The van der Waals surface area contributed by atoms with Gasteiger partial charge in [0, 0.05) is 19.6 Å². The Morgan fingerprint density at radius 1 is 1.39 bits per heavy atom. The molecule has 0 bridgehead atoms. The Bertz CT molecular complexity index is 488. The van der Waals surface area contributed by atoms with Crippen molar-refractivity contribution in [3.05, 3.63) is 29.8 Å². The molecule has 0 unspecified atom stereocenters. The minimum atomic E-state index is 0.246. The first-order chi connectivity index (χ1) is 11.0. The molecular formula is C20H34N2O. The molecule has 0 radical (unpaired) electrons. The zero-order chi connectivity index (χ0) is 16.9. The lowest BCUT2D eigenvalue weighted by Gasteiger charge is -2.45. The average Bonchev–Trinajstić information content (AvgIpc) is 2.54. The topological polar surface area (TPSA) is 24.5 Å². The van der Waals surface area contributed by atoms with Crippen LogP contribution in [0.15, 0.2) is 24.3 Å². The largest absolute Gasteiger partial charge is 0.497 e. The van der Waals surface area contributed by atoms with Crippen molar-refractivity contribution in [2.45, 2.75) is 39.5 Å². The number of methoxy groups -OCH3 is 1. The highest BCUT2D eigenvalue weighted by Gasteiger charge is 2.37. The molecule has 1 fully saturated rings. The van der Waals surface area contributed by atoms with Gasteiger partial charge in [-0.25, -0.2) is 0 Å². The fourth-order valence-corrected chi connectivity index (χ4v) is 3.56. The van der Waals surface area contributed by atoms with Crippen molar-refractivity contribution in [1.29, 1.82) is 0 Å². The van der Waals surface area contributed by atoms with E-state index in [9.17, 15) is 0 Å². The number of likely N-dealkylation sites (tertiary alicyclic amines) is 1. The molecule has 1 saturated heterocycles. The standard InChI is InChI=1S/C20H34N2O/c1-16(2)14-21-10-12-22-11-9-20(4,17(3)15-22)18-7-6-8-19(13-18)23-5/h6-8,13,16-17,21H,9-12,14-15H2,1-5H3/t17-,20+/m0/s1. The third-order valence-electron chi connectivity index (χ3n) is 5.45. The van der Waals surface area contributed by atoms with Gasteiger partial charge in [0.15, 0.2) is 0 Å². The van der Waals surface area contributed by atoms with Crippen LogP contribution in [0.3, 0.4) is 0 Å². The summed E-state index contributed by atoms with van der Waals surface area (Å²) < 4.78 is 5.41. The fourth-order valence-electron chi connectivity index (χ4n) is 3.56. The fraction of sp³-hybridized carbons (Fsp3) is 0.700. The molecule has 1 aromatic carbocycles. The lowest BCUT2D eigenvalue weighted by Crippen LogP contribution is -2.48. The third kappa shape index (κ3) is 4.71. The van der Waals surface area contributed by atoms with E-state index in [1.54, 1.807) is 7.11 Å². The van der Waals surface area contributed by atoms with Crippen molar-refractivity contribution in [3.8, 4) is 5.75 Å². The lowest BCUT2D eigenvalue weighted by molar-refractivity contribution is 0.111. The second-order valence-corrected chi connectivity index (χ2v) is 7.70. The molecule has 2 atom stereocenters. The number of ether oxygens (including phenoxy) is 1. The normalized spacial score (nSPS) is 25.7. The van der Waals surface area contributed by atoms with Crippen LogP contribution in [0.4, 0.5) is 0 Å². The molecule has 0 aliphatic carbocycles. The van der Waals surface area contributed by atoms with Crippen LogP contribution in [0.25, 0.3) is 0 Å². The van der Waals surface area contributed by atoms with Gasteiger partial charge < -0.3 is 15.0 Å². The van der Waals surface area contributed by atoms with Gasteiger partial charge in [-0.1, -0.05) is 39.8 Å². The second-order valence-electron chi connectivity index (χ2n) is 7.70. The molecule has 23 heavy (non-hydrogen) atoms. The zero-order valence-corrected chi connectivity index (χ0v) is 15.6. The number of hydrogen-bond donors (Lipinski definition) is 1. The van der Waals surface area contributed by atoms with Gasteiger partial charge in [-0.05, 0) is 54.5 Å². The molecule has 0 aromatic heterocycles. The van der Waals surface area contributed by atoms with Crippen LogP contribution >= 0.6 is 0 Å². The molecule has 0 amide bonds. The van der Waals surface area contributed by atoms with Crippen LogP contribution < -0.4 is 10.1 Å². The summed E-state index contributed by atoms with van der Waals surface area (Å²) in [4.78, 5) is 2.61. The Balaban J connectivity index is 1.92. The number of nitrogens with zero attached hydrogens (tertiary/aromatic N) is 1. The van der Waals surface area contributed by atoms with Crippen molar-refractivity contribution in [3.63, 3.8) is 0 Å². The Morgan fingerprint density at radius 2 is 2.17 bits per heavy atom. The Kier molecular flexibility index (Phi) is 6.49. The molecule has 1 N–H and O–H groups in total. The van der Waals surface area contributed by atoms with Crippen LogP contribution in [-0.2, 0) is 5.41 Å². The summed E-state index contributed by atoms with van der Waals surface area (Å²) in [5.74, 6) is 2.34. The summed E-state index contributed by atoms with van der Waals surface area (Å²) in [6.07, 6.45) is 1.21. The van der Waals surface area contributed by atoms with Crippen molar-refractivity contribution in [2.75, 3.05) is 39.8 Å². The van der Waals surface area contributed by atoms with E-state index < -0.39 is 0 Å². The van der Waals surface area contributed by atoms with E-state index in [4.69, 9.17) is 4.74 Å². The lowest BCUT2D eigenvalue weighted by atomic mass is 9.68. The van der Waals surface area contributed by atoms with Gasteiger partial charge in [0.1, 0.15) is 5.75 Å². The molecule has 130 valence electrons. The van der Waals surface area contributed by atoms with Gasteiger partial charge in [-0.15, -0.1) is 0 Å². The maximum Gasteiger partial charge on any atom is 0.119 e. The molecule has 2 rings (SSSR count). The molecule has 1 aliphatic heterocycles. The minimum absolute atomic E-state index is 0.246. The molecule has 1 aliphatic rings. The van der Waals surface area contributed by atoms with Gasteiger partial charge in [0.2, 0.25) is 0 Å². The number of piperidine rings is 1. The smallest absolute Gasteiger partial charge is 0.119 e. The Hall–Kier alpha value is -1.06. The van der Waals surface area contributed by atoms with E-state index in [2.05, 4.69) is 56.1 Å². The number of rotatable bonds is 7. The summed E-state index contributed by atoms with van der Waals surface area (Å²) in [6, 6.07) is 8.64. The molecule has 1 heterocycles. The van der Waals surface area contributed by atoms with E-state index in [0.29, 0.717) is 5.92 Å². The molecular weight excluding hydrogens is 284 g/mol. The number of hydrogen-bond acceptors (Lipinski definition) is 3. The van der Waals surface area contributed by atoms with Crippen LogP contribution in [0, 0.1) is 11.8 Å². The summed E-state index contributed by atoms with van der Waals surface area (Å²) in [7, 11) is 1.75. The van der Waals surface area contributed by atoms with E-state index in [0.717, 1.165) is 31.3 Å². The van der Waals surface area contributed by atoms with Crippen molar-refractivity contribution in [2.24, 2.45) is 11.8 Å². The first-order valence-electron chi connectivity index (χ1n) is 9.03. The van der Waals surface area contributed by atoms with E-state index in [1.807, 2.05) is 6.07 Å². The van der Waals surface area contributed by atoms with Crippen molar-refractivity contribution >= 4 is 0 Å². The first-order valence-corrected chi connectivity index (χ1v) is 9.03. The van der Waals surface area contributed by atoms with Gasteiger partial charge in [-0.3, -0.25) is 0 Å². The Morgan fingerprint density at radius 3 is 2.83 bits per heavy atom. The summed E-state index contributed by atoms with van der Waals surface area (Å²) in [5, 5.41) is 3.56. The maximum atomic E-state index is 5.41. The zero-order valence-electron chi connectivity index (χ0n) is 15.6. The number of nitrogens with one attached hydrogen (secondary N) is 1. The summed E-state index contributed by atoms with van der Waals surface area (Å²) >= 11 is 0.